The Bertz CT molecular complexity index is 923. The Morgan fingerprint density at radius 1 is 1.15 bits per heavy atom. The number of amides is 1. The summed E-state index contributed by atoms with van der Waals surface area (Å²) in [7, 11) is 0. The summed E-state index contributed by atoms with van der Waals surface area (Å²) in [6.45, 7) is 3.45. The molecule has 2 aromatic carbocycles. The molecule has 0 aliphatic carbocycles. The number of ether oxygens (including phenoxy) is 1. The van der Waals surface area contributed by atoms with Crippen LogP contribution in [0.2, 0.25) is 0 Å². The lowest BCUT2D eigenvalue weighted by molar-refractivity contribution is -0.117. The van der Waals surface area contributed by atoms with Crippen LogP contribution >= 0.6 is 11.3 Å². The molecule has 5 heteroatoms. The summed E-state index contributed by atoms with van der Waals surface area (Å²) in [4.78, 5) is 16.3. The van der Waals surface area contributed by atoms with Crippen molar-refractivity contribution >= 4 is 22.9 Å². The quantitative estimate of drug-likeness (QED) is 0.672. The Labute approximate surface area is 163 Å². The van der Waals surface area contributed by atoms with E-state index in [1.165, 1.54) is 10.4 Å². The molecule has 1 aliphatic rings. The second kappa shape index (κ2) is 7.94. The number of nitrogens with one attached hydrogen (secondary N) is 1. The first-order valence-corrected chi connectivity index (χ1v) is 10.0. The van der Waals surface area contributed by atoms with Crippen molar-refractivity contribution in [2.24, 2.45) is 0 Å². The third kappa shape index (κ3) is 4.04. The molecule has 1 unspecified atom stereocenters. The van der Waals surface area contributed by atoms with E-state index in [-0.39, 0.29) is 11.9 Å². The van der Waals surface area contributed by atoms with Crippen molar-refractivity contribution in [1.29, 1.82) is 0 Å². The molecule has 1 N–H and O–H groups in total. The number of para-hydroxylation sites is 3. The molecule has 0 radical (unpaired) electrons. The van der Waals surface area contributed by atoms with Crippen LogP contribution in [0.25, 0.3) is 0 Å². The van der Waals surface area contributed by atoms with E-state index in [4.69, 9.17) is 4.74 Å². The summed E-state index contributed by atoms with van der Waals surface area (Å²) >= 11 is 1.81. The van der Waals surface area contributed by atoms with E-state index in [9.17, 15) is 4.79 Å². The zero-order valence-corrected chi connectivity index (χ0v) is 16.0. The van der Waals surface area contributed by atoms with Gasteiger partial charge in [-0.05, 0) is 54.6 Å². The number of fused-ring (bicyclic) bond motifs is 1. The molecule has 2 heterocycles. The van der Waals surface area contributed by atoms with Crippen LogP contribution in [0.4, 0.5) is 5.69 Å². The highest BCUT2D eigenvalue weighted by atomic mass is 32.1. The van der Waals surface area contributed by atoms with Crippen molar-refractivity contribution in [1.82, 2.24) is 4.90 Å². The molecule has 27 heavy (non-hydrogen) atoms. The normalized spacial score (nSPS) is 16.6. The number of nitrogens with zero attached hydrogens (tertiary/aromatic N) is 1. The van der Waals surface area contributed by atoms with E-state index in [1.54, 1.807) is 0 Å². The van der Waals surface area contributed by atoms with Crippen LogP contribution in [-0.4, -0.2) is 23.9 Å². The molecule has 4 rings (SSSR count). The monoisotopic (exact) mass is 378 g/mol. The summed E-state index contributed by atoms with van der Waals surface area (Å²) in [5, 5.41) is 5.15. The minimum absolute atomic E-state index is 0.0235. The van der Waals surface area contributed by atoms with E-state index in [0.717, 1.165) is 18.7 Å². The van der Waals surface area contributed by atoms with Crippen molar-refractivity contribution in [3.63, 3.8) is 0 Å². The van der Waals surface area contributed by atoms with E-state index in [1.807, 2.05) is 65.9 Å². The fourth-order valence-corrected chi connectivity index (χ4v) is 4.39. The number of thiophene rings is 1. The predicted molar refractivity (Wildman–Crippen MR) is 110 cm³/mol. The van der Waals surface area contributed by atoms with Gasteiger partial charge in [0.15, 0.2) is 5.75 Å². The Balaban J connectivity index is 1.43. The summed E-state index contributed by atoms with van der Waals surface area (Å²) in [6, 6.07) is 19.6. The fourth-order valence-electron chi connectivity index (χ4n) is 3.43. The van der Waals surface area contributed by atoms with Crippen molar-refractivity contribution in [3.05, 3.63) is 76.5 Å². The molecule has 0 spiro atoms. The van der Waals surface area contributed by atoms with E-state index >= 15 is 0 Å². The smallest absolute Gasteiger partial charge is 0.238 e. The highest BCUT2D eigenvalue weighted by Crippen LogP contribution is 2.33. The van der Waals surface area contributed by atoms with Crippen molar-refractivity contribution in [2.75, 3.05) is 18.4 Å². The van der Waals surface area contributed by atoms with Gasteiger partial charge < -0.3 is 10.1 Å². The SMILES string of the molecule is CC1c2ccsc2CCN1CC(=O)Nc1ccccc1Oc1ccccc1. The Morgan fingerprint density at radius 3 is 2.78 bits per heavy atom. The molecular formula is C22H22N2O2S. The molecule has 3 aromatic rings. The molecule has 1 amide bonds. The Morgan fingerprint density at radius 2 is 1.93 bits per heavy atom. The summed E-state index contributed by atoms with van der Waals surface area (Å²) in [5.74, 6) is 1.36. The Kier molecular flexibility index (Phi) is 5.23. The van der Waals surface area contributed by atoms with Crippen molar-refractivity contribution < 1.29 is 9.53 Å². The number of rotatable bonds is 5. The van der Waals surface area contributed by atoms with Crippen LogP contribution in [0, 0.1) is 0 Å². The molecule has 1 aromatic heterocycles. The summed E-state index contributed by atoms with van der Waals surface area (Å²) < 4.78 is 5.93. The maximum Gasteiger partial charge on any atom is 0.238 e. The molecule has 1 aliphatic heterocycles. The standard InChI is InChI=1S/C22H22N2O2S/c1-16-18-12-14-27-21(18)11-13-24(16)15-22(25)23-19-9-5-6-10-20(19)26-17-7-3-2-4-8-17/h2-10,12,14,16H,11,13,15H2,1H3,(H,23,25). The van der Waals surface area contributed by atoms with Crippen LogP contribution in [0.3, 0.4) is 0 Å². The van der Waals surface area contributed by atoms with E-state index in [2.05, 4.69) is 28.6 Å². The number of carbonyl (C=O) groups excluding carboxylic acids is 1. The number of hydrogen-bond donors (Lipinski definition) is 1. The molecular weight excluding hydrogens is 356 g/mol. The third-order valence-corrected chi connectivity index (χ3v) is 5.88. The Hall–Kier alpha value is -2.63. The van der Waals surface area contributed by atoms with Gasteiger partial charge in [-0.1, -0.05) is 30.3 Å². The summed E-state index contributed by atoms with van der Waals surface area (Å²) in [5.41, 5.74) is 2.04. The van der Waals surface area contributed by atoms with Gasteiger partial charge in [0, 0.05) is 17.5 Å². The lowest BCUT2D eigenvalue weighted by atomic mass is 10.0. The number of hydrogen-bond acceptors (Lipinski definition) is 4. The molecule has 0 bridgehead atoms. The number of benzene rings is 2. The fraction of sp³-hybridized carbons (Fsp3) is 0.227. The van der Waals surface area contributed by atoms with Gasteiger partial charge in [-0.2, -0.15) is 0 Å². The molecule has 0 fully saturated rings. The lowest BCUT2D eigenvalue weighted by Crippen LogP contribution is -2.39. The number of anilines is 1. The molecule has 1 atom stereocenters. The maximum absolute atomic E-state index is 12.7. The maximum atomic E-state index is 12.7. The first-order chi connectivity index (χ1) is 13.2. The van der Waals surface area contributed by atoms with Crippen molar-refractivity contribution in [3.8, 4) is 11.5 Å². The number of carbonyl (C=O) groups is 1. The van der Waals surface area contributed by atoms with Crippen LogP contribution in [0.5, 0.6) is 11.5 Å². The highest BCUT2D eigenvalue weighted by molar-refractivity contribution is 7.10. The van der Waals surface area contributed by atoms with Crippen LogP contribution in [-0.2, 0) is 11.2 Å². The van der Waals surface area contributed by atoms with Crippen LogP contribution < -0.4 is 10.1 Å². The van der Waals surface area contributed by atoms with E-state index in [0.29, 0.717) is 18.0 Å². The van der Waals surface area contributed by atoms with Gasteiger partial charge in [0.1, 0.15) is 5.75 Å². The zero-order chi connectivity index (χ0) is 18.6. The topological polar surface area (TPSA) is 41.6 Å². The molecule has 4 nitrogen and oxygen atoms in total. The van der Waals surface area contributed by atoms with Gasteiger partial charge in [-0.3, -0.25) is 9.69 Å². The van der Waals surface area contributed by atoms with Gasteiger partial charge in [0.05, 0.1) is 12.2 Å². The minimum Gasteiger partial charge on any atom is -0.455 e. The molecule has 0 saturated carbocycles. The average molecular weight is 378 g/mol. The van der Waals surface area contributed by atoms with Crippen LogP contribution in [0.1, 0.15) is 23.4 Å². The predicted octanol–water partition coefficient (Wildman–Crippen LogP) is 5.10. The second-order valence-corrected chi connectivity index (χ2v) is 7.66. The first-order valence-electron chi connectivity index (χ1n) is 9.13. The van der Waals surface area contributed by atoms with Crippen LogP contribution in [0.15, 0.2) is 66.0 Å². The van der Waals surface area contributed by atoms with Crippen molar-refractivity contribution in [2.45, 2.75) is 19.4 Å². The average Bonchev–Trinajstić information content (AvgIpc) is 3.16. The van der Waals surface area contributed by atoms with Gasteiger partial charge in [0.25, 0.3) is 0 Å². The van der Waals surface area contributed by atoms with E-state index < -0.39 is 0 Å². The third-order valence-electron chi connectivity index (χ3n) is 4.88. The van der Waals surface area contributed by atoms with Gasteiger partial charge in [-0.15, -0.1) is 11.3 Å². The van der Waals surface area contributed by atoms with Gasteiger partial charge in [0.2, 0.25) is 5.91 Å². The molecule has 0 saturated heterocycles. The van der Waals surface area contributed by atoms with Gasteiger partial charge in [-0.25, -0.2) is 0 Å². The first kappa shape index (κ1) is 17.8. The second-order valence-electron chi connectivity index (χ2n) is 6.66. The molecule has 138 valence electrons. The largest absolute Gasteiger partial charge is 0.455 e. The minimum atomic E-state index is -0.0235. The zero-order valence-electron chi connectivity index (χ0n) is 15.2. The lowest BCUT2D eigenvalue weighted by Gasteiger charge is -2.32. The summed E-state index contributed by atoms with van der Waals surface area (Å²) in [6.07, 6.45) is 1.01. The highest BCUT2D eigenvalue weighted by Gasteiger charge is 2.26. The van der Waals surface area contributed by atoms with Gasteiger partial charge >= 0.3 is 0 Å².